The fourth-order valence-corrected chi connectivity index (χ4v) is 0. The molecular formula is IrMoRhSc. The SMILES string of the molecule is [Ir].[Mo].[Rh].[Sc]. The van der Waals surface area contributed by atoms with Gasteiger partial charge in [0.05, 0.1) is 0 Å². The molecule has 0 saturated carbocycles. The van der Waals surface area contributed by atoms with Crippen molar-refractivity contribution in [3.63, 3.8) is 0 Å². The van der Waals surface area contributed by atoms with Crippen LogP contribution in [-0.2, 0) is 86.5 Å². The van der Waals surface area contributed by atoms with Crippen LogP contribution in [0.2, 0.25) is 0 Å². The monoisotopic (exact) mass is 439 g/mol. The molecule has 0 saturated heterocycles. The molecular weight excluding hydrogens is 436 g/mol. The Bertz CT molecular complexity index is 8.00. The van der Waals surface area contributed by atoms with Crippen LogP contribution in [0.1, 0.15) is 0 Å². The zero-order valence-corrected chi connectivity index (χ0v) is 9.50. The molecule has 0 heterocycles. The first kappa shape index (κ1) is 29.0. The third-order valence-corrected chi connectivity index (χ3v) is 0. The van der Waals surface area contributed by atoms with Crippen LogP contribution in [0.15, 0.2) is 0 Å². The van der Waals surface area contributed by atoms with Gasteiger partial charge in [-0.1, -0.05) is 0 Å². The van der Waals surface area contributed by atoms with Gasteiger partial charge >= 0.3 is 0 Å². The van der Waals surface area contributed by atoms with Gasteiger partial charge in [0.15, 0.2) is 0 Å². The summed E-state index contributed by atoms with van der Waals surface area (Å²) in [5.41, 5.74) is 0. The third-order valence-electron chi connectivity index (χ3n) is 0. The van der Waals surface area contributed by atoms with Crippen molar-refractivity contribution in [1.82, 2.24) is 0 Å². The van der Waals surface area contributed by atoms with E-state index in [1.54, 1.807) is 0 Å². The standard InChI is InChI=1S/Ir.Mo.Rh.Sc. The topological polar surface area (TPSA) is 0 Å². The Labute approximate surface area is 85.0 Å². The molecule has 0 N–H and O–H groups in total. The summed E-state index contributed by atoms with van der Waals surface area (Å²) in [4.78, 5) is 0. The third kappa shape index (κ3) is 8.85. The van der Waals surface area contributed by atoms with E-state index in [-0.39, 0.29) is 86.5 Å². The van der Waals surface area contributed by atoms with Crippen LogP contribution in [0.3, 0.4) is 0 Å². The Morgan fingerprint density at radius 1 is 1.00 bits per heavy atom. The van der Waals surface area contributed by atoms with Crippen molar-refractivity contribution in [1.29, 1.82) is 0 Å². The minimum absolute atomic E-state index is 0. The van der Waals surface area contributed by atoms with Gasteiger partial charge in [0, 0.05) is 86.5 Å². The van der Waals surface area contributed by atoms with Gasteiger partial charge in [0.25, 0.3) is 0 Å². The number of rotatable bonds is 0. The molecule has 0 aromatic rings. The average Bonchev–Trinajstić information content (AvgIpc) is 0. The maximum Gasteiger partial charge on any atom is 0 e. The minimum atomic E-state index is 0. The first-order valence-electron chi connectivity index (χ1n) is 0. The van der Waals surface area contributed by atoms with Crippen molar-refractivity contribution < 1.29 is 86.5 Å². The summed E-state index contributed by atoms with van der Waals surface area (Å²) < 4.78 is 0. The summed E-state index contributed by atoms with van der Waals surface area (Å²) in [5.74, 6) is 0. The van der Waals surface area contributed by atoms with E-state index in [0.717, 1.165) is 0 Å². The average molecular weight is 436 g/mol. The quantitative estimate of drug-likeness (QED) is 0.469. The van der Waals surface area contributed by atoms with Gasteiger partial charge < -0.3 is 0 Å². The fourth-order valence-electron chi connectivity index (χ4n) is 0. The zero-order valence-electron chi connectivity index (χ0n) is 1.65. The molecule has 0 bridgehead atoms. The molecule has 4 heteroatoms. The summed E-state index contributed by atoms with van der Waals surface area (Å²) in [6.45, 7) is 0. The van der Waals surface area contributed by atoms with E-state index in [1.807, 2.05) is 0 Å². The second-order valence-corrected chi connectivity index (χ2v) is 0. The van der Waals surface area contributed by atoms with Gasteiger partial charge in [-0.2, -0.15) is 0 Å². The fraction of sp³-hybridized carbons (Fsp3) is 0. The molecule has 0 atom stereocenters. The molecule has 0 aromatic carbocycles. The van der Waals surface area contributed by atoms with E-state index >= 15 is 0 Å². The van der Waals surface area contributed by atoms with E-state index in [9.17, 15) is 0 Å². The van der Waals surface area contributed by atoms with Crippen molar-refractivity contribution >= 4 is 0 Å². The Balaban J connectivity index is 0. The molecule has 0 unspecified atom stereocenters. The summed E-state index contributed by atoms with van der Waals surface area (Å²) >= 11 is 0. The zero-order chi connectivity index (χ0) is 0. The predicted octanol–water partition coefficient (Wildman–Crippen LogP) is -0.0100. The van der Waals surface area contributed by atoms with Gasteiger partial charge in [-0.05, 0) is 0 Å². The van der Waals surface area contributed by atoms with E-state index in [4.69, 9.17) is 0 Å². The van der Waals surface area contributed by atoms with Crippen LogP contribution >= 0.6 is 0 Å². The van der Waals surface area contributed by atoms with Crippen molar-refractivity contribution in [2.75, 3.05) is 0 Å². The molecule has 0 aliphatic rings. The first-order chi connectivity index (χ1) is 0. The molecule has 0 amide bonds. The second kappa shape index (κ2) is 17.0. The maximum absolute atomic E-state index is 0. The van der Waals surface area contributed by atoms with Crippen molar-refractivity contribution in [2.24, 2.45) is 0 Å². The molecule has 0 aromatic heterocycles. The van der Waals surface area contributed by atoms with Crippen molar-refractivity contribution in [3.05, 3.63) is 0 Å². The maximum atomic E-state index is 0. The molecule has 4 heavy (non-hydrogen) atoms. The summed E-state index contributed by atoms with van der Waals surface area (Å²) in [6, 6.07) is 0. The second-order valence-electron chi connectivity index (χ2n) is 0. The van der Waals surface area contributed by atoms with E-state index < -0.39 is 0 Å². The van der Waals surface area contributed by atoms with Crippen molar-refractivity contribution in [3.8, 4) is 0 Å². The van der Waals surface area contributed by atoms with E-state index in [1.165, 1.54) is 0 Å². The van der Waals surface area contributed by atoms with Crippen molar-refractivity contribution in [2.45, 2.75) is 0 Å². The Kier molecular flexibility index (Phi) is 123. The van der Waals surface area contributed by atoms with Crippen LogP contribution < -0.4 is 0 Å². The summed E-state index contributed by atoms with van der Waals surface area (Å²) in [5, 5.41) is 0. The normalized spacial score (nSPS) is 0. The predicted molar refractivity (Wildman–Crippen MR) is 0 cm³/mol. The molecule has 0 nitrogen and oxygen atoms in total. The summed E-state index contributed by atoms with van der Waals surface area (Å²) in [7, 11) is 0. The largest absolute Gasteiger partial charge is 0 e. The van der Waals surface area contributed by atoms with Gasteiger partial charge in [-0.25, -0.2) is 0 Å². The van der Waals surface area contributed by atoms with E-state index in [2.05, 4.69) is 0 Å². The number of hydrogen-bond donors (Lipinski definition) is 0. The molecule has 27 valence electrons. The Hall–Kier alpha value is 2.83. The molecule has 0 aliphatic carbocycles. The minimum Gasteiger partial charge on any atom is 0 e. The Morgan fingerprint density at radius 3 is 1.00 bits per heavy atom. The number of hydrogen-bond acceptors (Lipinski definition) is 0. The molecule has 0 aliphatic heterocycles. The Morgan fingerprint density at radius 2 is 1.00 bits per heavy atom. The van der Waals surface area contributed by atoms with E-state index in [0.29, 0.717) is 0 Å². The van der Waals surface area contributed by atoms with Crippen LogP contribution in [0.25, 0.3) is 0 Å². The van der Waals surface area contributed by atoms with Gasteiger partial charge in [-0.3, -0.25) is 0 Å². The first-order valence-corrected chi connectivity index (χ1v) is 0. The van der Waals surface area contributed by atoms with Crippen LogP contribution in [-0.4, -0.2) is 0 Å². The molecule has 0 rings (SSSR count). The van der Waals surface area contributed by atoms with Crippen LogP contribution in [0, 0.1) is 0 Å². The van der Waals surface area contributed by atoms with Gasteiger partial charge in [0.1, 0.15) is 0 Å². The molecule has 0 spiro atoms. The smallest absolute Gasteiger partial charge is 0 e. The van der Waals surface area contributed by atoms with Crippen LogP contribution in [0.5, 0.6) is 0 Å². The van der Waals surface area contributed by atoms with Gasteiger partial charge in [0.2, 0.25) is 0 Å². The molecule has 0 fully saturated rings. The van der Waals surface area contributed by atoms with Crippen LogP contribution in [0.4, 0.5) is 0 Å². The summed E-state index contributed by atoms with van der Waals surface area (Å²) in [6.07, 6.45) is 0. The molecule has 3 radical (unpaired) electrons. The van der Waals surface area contributed by atoms with Gasteiger partial charge in [-0.15, -0.1) is 0 Å².